The van der Waals surface area contributed by atoms with E-state index in [1.165, 1.54) is 0 Å². The van der Waals surface area contributed by atoms with E-state index >= 15 is 0 Å². The first-order valence-electron chi connectivity index (χ1n) is 3.65. The number of hydrogen-bond donors (Lipinski definition) is 0. The second kappa shape index (κ2) is 3.46. The van der Waals surface area contributed by atoms with Crippen LogP contribution >= 0.6 is 12.4 Å². The fourth-order valence-electron chi connectivity index (χ4n) is 1.22. The molecule has 0 N–H and O–H groups in total. The molecule has 2 heterocycles. The number of rotatable bonds is 0. The van der Waals surface area contributed by atoms with Gasteiger partial charge in [0, 0.05) is 18.6 Å². The molecular weight excluding hydrogens is 186 g/mol. The van der Waals surface area contributed by atoms with E-state index in [0.717, 1.165) is 11.2 Å². The molecule has 13 heavy (non-hydrogen) atoms. The van der Waals surface area contributed by atoms with Crippen LogP contribution in [0.3, 0.4) is 0 Å². The van der Waals surface area contributed by atoms with Crippen molar-refractivity contribution in [1.29, 1.82) is 5.26 Å². The zero-order valence-corrected chi connectivity index (χ0v) is 7.88. The van der Waals surface area contributed by atoms with Gasteiger partial charge in [-0.1, -0.05) is 0 Å². The number of nitrogens with zero attached hydrogens (tertiary/aromatic N) is 3. The highest BCUT2D eigenvalue weighted by atomic mass is 35.5. The molecule has 3 nitrogen and oxygen atoms in total. The Morgan fingerprint density at radius 2 is 2.23 bits per heavy atom. The third kappa shape index (κ3) is 1.36. The summed E-state index contributed by atoms with van der Waals surface area (Å²) < 4.78 is 1.84. The number of aromatic nitrogens is 2. The molecule has 2 aromatic rings. The van der Waals surface area contributed by atoms with Crippen molar-refractivity contribution in [2.75, 3.05) is 0 Å². The minimum Gasteiger partial charge on any atom is -0.306 e. The number of fused-ring (bicyclic) bond motifs is 1. The fraction of sp³-hybridized carbons (Fsp3) is 0.111. The minimum absolute atomic E-state index is 0. The van der Waals surface area contributed by atoms with Crippen LogP contribution in [-0.2, 0) is 0 Å². The standard InChI is InChI=1S/C9H7N3.ClH/c1-7-2-4-12-5-3-11-9(12)8(7)6-10;/h2-5H,1H3;1H. The average molecular weight is 194 g/mol. The maximum Gasteiger partial charge on any atom is 0.154 e. The molecular formula is C9H8ClN3. The van der Waals surface area contributed by atoms with Crippen LogP contribution in [-0.4, -0.2) is 9.38 Å². The molecule has 0 amide bonds. The number of pyridine rings is 1. The molecule has 0 saturated carbocycles. The van der Waals surface area contributed by atoms with Crippen molar-refractivity contribution in [3.8, 4) is 6.07 Å². The highest BCUT2D eigenvalue weighted by Gasteiger charge is 2.03. The average Bonchev–Trinajstić information content (AvgIpc) is 2.52. The molecule has 66 valence electrons. The summed E-state index contributed by atoms with van der Waals surface area (Å²) in [5.41, 5.74) is 2.36. The molecule has 2 rings (SSSR count). The van der Waals surface area contributed by atoms with Crippen molar-refractivity contribution >= 4 is 18.1 Å². The lowest BCUT2D eigenvalue weighted by atomic mass is 10.2. The Balaban J connectivity index is 0.000000845. The van der Waals surface area contributed by atoms with Gasteiger partial charge in [-0.3, -0.25) is 0 Å². The minimum atomic E-state index is 0. The van der Waals surface area contributed by atoms with Gasteiger partial charge >= 0.3 is 0 Å². The Bertz CT molecular complexity index is 467. The topological polar surface area (TPSA) is 41.1 Å². The molecule has 0 atom stereocenters. The highest BCUT2D eigenvalue weighted by molar-refractivity contribution is 5.85. The van der Waals surface area contributed by atoms with Gasteiger partial charge in [-0.05, 0) is 18.6 Å². The van der Waals surface area contributed by atoms with Gasteiger partial charge in [-0.25, -0.2) is 4.98 Å². The molecule has 0 aliphatic heterocycles. The summed E-state index contributed by atoms with van der Waals surface area (Å²) in [5.74, 6) is 0. The number of halogens is 1. The molecule has 0 bridgehead atoms. The third-order valence-corrected chi connectivity index (χ3v) is 1.88. The molecule has 0 aliphatic rings. The largest absolute Gasteiger partial charge is 0.306 e. The van der Waals surface area contributed by atoms with E-state index in [9.17, 15) is 0 Å². The van der Waals surface area contributed by atoms with Crippen molar-refractivity contribution in [1.82, 2.24) is 9.38 Å². The molecule has 0 aromatic carbocycles. The van der Waals surface area contributed by atoms with Crippen molar-refractivity contribution in [2.45, 2.75) is 6.92 Å². The Morgan fingerprint density at radius 3 is 2.92 bits per heavy atom. The van der Waals surface area contributed by atoms with E-state index in [4.69, 9.17) is 5.26 Å². The fourth-order valence-corrected chi connectivity index (χ4v) is 1.22. The van der Waals surface area contributed by atoms with E-state index in [1.807, 2.05) is 29.8 Å². The van der Waals surface area contributed by atoms with Gasteiger partial charge in [0.15, 0.2) is 5.65 Å². The second-order valence-electron chi connectivity index (χ2n) is 2.64. The predicted octanol–water partition coefficient (Wildman–Crippen LogP) is 1.94. The van der Waals surface area contributed by atoms with Crippen molar-refractivity contribution < 1.29 is 0 Å². The van der Waals surface area contributed by atoms with Crippen LogP contribution in [0.2, 0.25) is 0 Å². The number of imidazole rings is 1. The third-order valence-electron chi connectivity index (χ3n) is 1.88. The molecule has 4 heteroatoms. The lowest BCUT2D eigenvalue weighted by Gasteiger charge is -1.98. The quantitative estimate of drug-likeness (QED) is 0.642. The van der Waals surface area contributed by atoms with Crippen LogP contribution in [0.5, 0.6) is 0 Å². The maximum atomic E-state index is 8.83. The van der Waals surface area contributed by atoms with Gasteiger partial charge in [0.2, 0.25) is 0 Å². The monoisotopic (exact) mass is 193 g/mol. The molecule has 0 fully saturated rings. The van der Waals surface area contributed by atoms with E-state index < -0.39 is 0 Å². The van der Waals surface area contributed by atoms with Crippen LogP contribution < -0.4 is 0 Å². The number of nitriles is 1. The van der Waals surface area contributed by atoms with Gasteiger partial charge in [0.1, 0.15) is 6.07 Å². The summed E-state index contributed by atoms with van der Waals surface area (Å²) in [4.78, 5) is 4.09. The van der Waals surface area contributed by atoms with Gasteiger partial charge < -0.3 is 4.40 Å². The number of hydrogen-bond acceptors (Lipinski definition) is 2. The first-order chi connectivity index (χ1) is 5.83. The smallest absolute Gasteiger partial charge is 0.154 e. The summed E-state index contributed by atoms with van der Waals surface area (Å²) in [6, 6.07) is 4.05. The molecule has 0 unspecified atom stereocenters. The van der Waals surface area contributed by atoms with E-state index in [1.54, 1.807) is 6.20 Å². The highest BCUT2D eigenvalue weighted by Crippen LogP contribution is 2.11. The van der Waals surface area contributed by atoms with Crippen molar-refractivity contribution in [2.24, 2.45) is 0 Å². The van der Waals surface area contributed by atoms with E-state index in [2.05, 4.69) is 11.1 Å². The lowest BCUT2D eigenvalue weighted by Crippen LogP contribution is -1.90. The normalized spacial score (nSPS) is 9.23. The first-order valence-corrected chi connectivity index (χ1v) is 3.65. The summed E-state index contributed by atoms with van der Waals surface area (Å²) in [5, 5.41) is 8.83. The Hall–Kier alpha value is -1.53. The predicted molar refractivity (Wildman–Crippen MR) is 51.9 cm³/mol. The summed E-state index contributed by atoms with van der Waals surface area (Å²) in [6.07, 6.45) is 5.42. The molecule has 0 saturated heterocycles. The first kappa shape index (κ1) is 9.56. The molecule has 0 radical (unpaired) electrons. The zero-order chi connectivity index (χ0) is 8.55. The Labute approximate surface area is 82.0 Å². The van der Waals surface area contributed by atoms with Gasteiger partial charge in [-0.15, -0.1) is 12.4 Å². The van der Waals surface area contributed by atoms with E-state index in [-0.39, 0.29) is 12.4 Å². The Kier molecular flexibility index (Phi) is 2.54. The SMILES string of the molecule is Cc1ccn2ccnc2c1C#N.Cl. The van der Waals surface area contributed by atoms with Gasteiger partial charge in [0.05, 0.1) is 5.56 Å². The van der Waals surface area contributed by atoms with Crippen molar-refractivity contribution in [3.05, 3.63) is 35.8 Å². The Morgan fingerprint density at radius 1 is 1.46 bits per heavy atom. The van der Waals surface area contributed by atoms with Crippen molar-refractivity contribution in [3.63, 3.8) is 0 Å². The van der Waals surface area contributed by atoms with Crippen LogP contribution in [0, 0.1) is 18.3 Å². The number of aryl methyl sites for hydroxylation is 1. The van der Waals surface area contributed by atoms with Crippen LogP contribution in [0.4, 0.5) is 0 Å². The van der Waals surface area contributed by atoms with Gasteiger partial charge in [0.25, 0.3) is 0 Å². The van der Waals surface area contributed by atoms with Crippen LogP contribution in [0.15, 0.2) is 24.7 Å². The lowest BCUT2D eigenvalue weighted by molar-refractivity contribution is 1.16. The zero-order valence-electron chi connectivity index (χ0n) is 7.06. The van der Waals surface area contributed by atoms with E-state index in [0.29, 0.717) is 5.56 Å². The molecule has 0 spiro atoms. The molecule has 0 aliphatic carbocycles. The summed E-state index contributed by atoms with van der Waals surface area (Å²) in [7, 11) is 0. The van der Waals surface area contributed by atoms with Crippen LogP contribution in [0.25, 0.3) is 5.65 Å². The van der Waals surface area contributed by atoms with Crippen LogP contribution in [0.1, 0.15) is 11.1 Å². The summed E-state index contributed by atoms with van der Waals surface area (Å²) >= 11 is 0. The second-order valence-corrected chi connectivity index (χ2v) is 2.64. The summed E-state index contributed by atoms with van der Waals surface area (Å²) in [6.45, 7) is 1.91. The molecule has 2 aromatic heterocycles. The maximum absolute atomic E-state index is 8.83. The van der Waals surface area contributed by atoms with Gasteiger partial charge in [-0.2, -0.15) is 5.26 Å².